The Morgan fingerprint density at radius 3 is 2.72 bits per heavy atom. The number of hydrogen-bond acceptors (Lipinski definition) is 5. The van der Waals surface area contributed by atoms with E-state index in [1.165, 1.54) is 17.6 Å². The number of allylic oxidation sites excluding steroid dienone is 1. The summed E-state index contributed by atoms with van der Waals surface area (Å²) >= 11 is 0. The van der Waals surface area contributed by atoms with Crippen molar-refractivity contribution >= 4 is 16.6 Å². The van der Waals surface area contributed by atoms with E-state index in [-0.39, 0.29) is 5.92 Å². The maximum Gasteiger partial charge on any atom is 0.147 e. The van der Waals surface area contributed by atoms with Crippen LogP contribution >= 0.6 is 0 Å². The zero-order valence-electron chi connectivity index (χ0n) is 21.6. The van der Waals surface area contributed by atoms with Crippen molar-refractivity contribution in [2.75, 3.05) is 40.5 Å². The number of aromatic amines is 1. The number of methoxy groups -OCH3 is 1. The SMILES string of the molecule is COCCOc1cccc2[nH]c(CCCN(C)CC[C@@]3(O)C[C@@H]4CC[C@H]3C=C4c3ccccc3)nc12. The highest BCUT2D eigenvalue weighted by Gasteiger charge is 2.46. The van der Waals surface area contributed by atoms with E-state index in [4.69, 9.17) is 14.5 Å². The Balaban J connectivity index is 1.11. The van der Waals surface area contributed by atoms with Crippen LogP contribution in [0.25, 0.3) is 16.6 Å². The largest absolute Gasteiger partial charge is 0.489 e. The summed E-state index contributed by atoms with van der Waals surface area (Å²) in [6.45, 7) is 2.95. The van der Waals surface area contributed by atoms with Crippen LogP contribution in [0.4, 0.5) is 0 Å². The molecule has 1 saturated carbocycles. The van der Waals surface area contributed by atoms with E-state index < -0.39 is 5.60 Å². The number of aryl methyl sites for hydroxylation is 1. The minimum Gasteiger partial charge on any atom is -0.489 e. The Labute approximate surface area is 214 Å². The van der Waals surface area contributed by atoms with Gasteiger partial charge in [-0.05, 0) is 74.9 Å². The fraction of sp³-hybridized carbons (Fsp3) is 0.500. The van der Waals surface area contributed by atoms with Gasteiger partial charge in [-0.3, -0.25) is 0 Å². The quantitative estimate of drug-likeness (QED) is 0.347. The molecule has 0 saturated heterocycles. The number of H-pyrrole nitrogens is 1. The van der Waals surface area contributed by atoms with Crippen molar-refractivity contribution in [2.45, 2.75) is 44.1 Å². The molecule has 3 aromatic rings. The lowest BCUT2D eigenvalue weighted by atomic mass is 9.61. The third-order valence-electron chi connectivity index (χ3n) is 7.99. The number of ether oxygens (including phenoxy) is 2. The molecule has 0 aliphatic heterocycles. The molecule has 6 heteroatoms. The Kier molecular flexibility index (Phi) is 7.75. The first-order chi connectivity index (χ1) is 17.6. The van der Waals surface area contributed by atoms with Crippen LogP contribution in [0.2, 0.25) is 0 Å². The number of para-hydroxylation sites is 1. The summed E-state index contributed by atoms with van der Waals surface area (Å²) in [4.78, 5) is 10.6. The molecular formula is C30H39N3O3. The normalized spacial score (nSPS) is 23.4. The molecule has 3 aliphatic rings. The first-order valence-corrected chi connectivity index (χ1v) is 13.3. The molecule has 2 N–H and O–H groups in total. The Morgan fingerprint density at radius 1 is 1.08 bits per heavy atom. The Hall–Kier alpha value is -2.67. The summed E-state index contributed by atoms with van der Waals surface area (Å²) in [7, 11) is 3.84. The lowest BCUT2D eigenvalue weighted by Gasteiger charge is -2.48. The maximum absolute atomic E-state index is 11.6. The van der Waals surface area contributed by atoms with Crippen LogP contribution in [-0.4, -0.2) is 66.0 Å². The van der Waals surface area contributed by atoms with E-state index >= 15 is 0 Å². The number of benzene rings is 2. The summed E-state index contributed by atoms with van der Waals surface area (Å²) in [6.07, 6.45) is 8.29. The molecule has 36 heavy (non-hydrogen) atoms. The second-order valence-corrected chi connectivity index (χ2v) is 10.5. The molecule has 0 spiro atoms. The zero-order valence-corrected chi connectivity index (χ0v) is 21.6. The first kappa shape index (κ1) is 25.0. The average Bonchev–Trinajstić information content (AvgIpc) is 3.32. The van der Waals surface area contributed by atoms with Gasteiger partial charge in [0, 0.05) is 26.0 Å². The van der Waals surface area contributed by atoms with Crippen LogP contribution < -0.4 is 4.74 Å². The monoisotopic (exact) mass is 489 g/mol. The highest BCUT2D eigenvalue weighted by molar-refractivity contribution is 5.81. The van der Waals surface area contributed by atoms with Crippen LogP contribution in [0.3, 0.4) is 0 Å². The Morgan fingerprint density at radius 2 is 1.94 bits per heavy atom. The van der Waals surface area contributed by atoms with Gasteiger partial charge < -0.3 is 24.5 Å². The second kappa shape index (κ2) is 11.2. The molecular weight excluding hydrogens is 450 g/mol. The smallest absolute Gasteiger partial charge is 0.147 e. The fourth-order valence-electron chi connectivity index (χ4n) is 5.98. The average molecular weight is 490 g/mol. The minimum absolute atomic E-state index is 0.266. The van der Waals surface area contributed by atoms with Gasteiger partial charge in [-0.1, -0.05) is 42.5 Å². The highest BCUT2D eigenvalue weighted by atomic mass is 16.5. The second-order valence-electron chi connectivity index (χ2n) is 10.5. The van der Waals surface area contributed by atoms with Gasteiger partial charge in [0.1, 0.15) is 23.7 Å². The van der Waals surface area contributed by atoms with E-state index in [2.05, 4.69) is 53.3 Å². The zero-order chi connectivity index (χ0) is 25.0. The molecule has 192 valence electrons. The summed E-state index contributed by atoms with van der Waals surface area (Å²) in [5.41, 5.74) is 4.08. The third kappa shape index (κ3) is 5.51. The number of hydrogen-bond donors (Lipinski definition) is 2. The van der Waals surface area contributed by atoms with Crippen LogP contribution in [0.5, 0.6) is 5.75 Å². The lowest BCUT2D eigenvalue weighted by molar-refractivity contribution is -0.0574. The maximum atomic E-state index is 11.6. The number of aromatic nitrogens is 2. The van der Waals surface area contributed by atoms with Crippen LogP contribution in [0.15, 0.2) is 54.6 Å². The molecule has 1 heterocycles. The van der Waals surface area contributed by atoms with Crippen molar-refractivity contribution < 1.29 is 14.6 Å². The lowest BCUT2D eigenvalue weighted by Crippen LogP contribution is -2.48. The fourth-order valence-corrected chi connectivity index (χ4v) is 5.98. The summed E-state index contributed by atoms with van der Waals surface area (Å²) < 4.78 is 10.9. The number of aliphatic hydroxyl groups is 1. The van der Waals surface area contributed by atoms with Gasteiger partial charge in [0.05, 0.1) is 17.7 Å². The molecule has 2 bridgehead atoms. The number of rotatable bonds is 12. The molecule has 6 rings (SSSR count). The van der Waals surface area contributed by atoms with Gasteiger partial charge in [0.2, 0.25) is 0 Å². The van der Waals surface area contributed by atoms with Crippen molar-refractivity contribution in [3.63, 3.8) is 0 Å². The third-order valence-corrected chi connectivity index (χ3v) is 7.99. The Bertz CT molecular complexity index is 1170. The molecule has 0 amide bonds. The van der Waals surface area contributed by atoms with Gasteiger partial charge in [-0.15, -0.1) is 0 Å². The van der Waals surface area contributed by atoms with Crippen LogP contribution in [-0.2, 0) is 11.2 Å². The molecule has 2 aromatic carbocycles. The first-order valence-electron chi connectivity index (χ1n) is 13.3. The van der Waals surface area contributed by atoms with Crippen molar-refractivity contribution in [1.29, 1.82) is 0 Å². The summed E-state index contributed by atoms with van der Waals surface area (Å²) in [6, 6.07) is 16.7. The van der Waals surface area contributed by atoms with E-state index in [0.717, 1.165) is 67.8 Å². The molecule has 6 nitrogen and oxygen atoms in total. The van der Waals surface area contributed by atoms with Crippen molar-refractivity contribution in [2.24, 2.45) is 11.8 Å². The van der Waals surface area contributed by atoms with Gasteiger partial charge in [0.25, 0.3) is 0 Å². The van der Waals surface area contributed by atoms with E-state index in [9.17, 15) is 5.11 Å². The highest BCUT2D eigenvalue weighted by Crippen LogP contribution is 2.51. The molecule has 1 fully saturated rings. The number of imidazole rings is 1. The number of nitrogens with one attached hydrogen (secondary N) is 1. The molecule has 3 atom stereocenters. The summed E-state index contributed by atoms with van der Waals surface area (Å²) in [5.74, 6) is 2.53. The summed E-state index contributed by atoms with van der Waals surface area (Å²) in [5, 5.41) is 11.6. The van der Waals surface area contributed by atoms with Crippen LogP contribution in [0, 0.1) is 11.8 Å². The van der Waals surface area contributed by atoms with E-state index in [1.807, 2.05) is 18.2 Å². The van der Waals surface area contributed by atoms with Crippen molar-refractivity contribution in [1.82, 2.24) is 14.9 Å². The molecule has 1 aromatic heterocycles. The van der Waals surface area contributed by atoms with Crippen molar-refractivity contribution in [3.8, 4) is 5.75 Å². The topological polar surface area (TPSA) is 70.6 Å². The molecule has 0 unspecified atom stereocenters. The van der Waals surface area contributed by atoms with Gasteiger partial charge in [-0.25, -0.2) is 4.98 Å². The van der Waals surface area contributed by atoms with Crippen LogP contribution in [0.1, 0.15) is 43.5 Å². The number of nitrogens with zero attached hydrogens (tertiary/aromatic N) is 2. The van der Waals surface area contributed by atoms with Gasteiger partial charge in [0.15, 0.2) is 0 Å². The molecule has 0 radical (unpaired) electrons. The standard InChI is InChI=1S/C30H39N3O3/c1-33(16-7-12-28-31-26-10-6-11-27(29(26)32-28)36-19-18-35-2)17-15-30(34)21-23-13-14-24(30)20-25(23)22-8-4-3-5-9-22/h3-6,8-11,20,23-24,34H,7,12-19,21H2,1-2H3,(H,31,32)/t23-,24-,30+/m0/s1. The predicted molar refractivity (Wildman–Crippen MR) is 144 cm³/mol. The number of fused-ring (bicyclic) bond motifs is 3. The van der Waals surface area contributed by atoms with E-state index in [1.54, 1.807) is 7.11 Å². The molecule has 3 aliphatic carbocycles. The van der Waals surface area contributed by atoms with E-state index in [0.29, 0.717) is 19.1 Å². The van der Waals surface area contributed by atoms with Gasteiger partial charge in [-0.2, -0.15) is 0 Å². The van der Waals surface area contributed by atoms with Crippen molar-refractivity contribution in [3.05, 3.63) is 66.0 Å². The minimum atomic E-state index is -0.576. The predicted octanol–water partition coefficient (Wildman–Crippen LogP) is 5.09. The van der Waals surface area contributed by atoms with Gasteiger partial charge >= 0.3 is 0 Å².